The molecule has 0 bridgehead atoms. The van der Waals surface area contributed by atoms with Crippen LogP contribution in [0.2, 0.25) is 5.02 Å². The van der Waals surface area contributed by atoms with Crippen LogP contribution in [0.15, 0.2) is 42.5 Å². The molecule has 0 radical (unpaired) electrons. The van der Waals surface area contributed by atoms with Crippen molar-refractivity contribution in [2.75, 3.05) is 19.0 Å². The molecule has 4 nitrogen and oxygen atoms in total. The van der Waals surface area contributed by atoms with Gasteiger partial charge in [-0.05, 0) is 63.2 Å². The van der Waals surface area contributed by atoms with Crippen molar-refractivity contribution in [2.24, 2.45) is 0 Å². The fourth-order valence-corrected chi connectivity index (χ4v) is 2.64. The number of halogens is 1. The van der Waals surface area contributed by atoms with Crippen molar-refractivity contribution in [3.63, 3.8) is 0 Å². The van der Waals surface area contributed by atoms with E-state index in [2.05, 4.69) is 5.32 Å². The zero-order valence-corrected chi connectivity index (χ0v) is 15.9. The highest BCUT2D eigenvalue weighted by Gasteiger charge is 2.19. The molecule has 5 heteroatoms. The average molecular weight is 361 g/mol. The minimum absolute atomic E-state index is 0.0567. The Bertz CT molecular complexity index is 716. The molecule has 1 amide bonds. The first-order valence-electron chi connectivity index (χ1n) is 8.40. The molecule has 0 aliphatic carbocycles. The number of benzene rings is 2. The fourth-order valence-electron chi connectivity index (χ4n) is 2.46. The molecular weight excluding hydrogens is 336 g/mol. The third-order valence-corrected chi connectivity index (χ3v) is 4.64. The Labute approximate surface area is 154 Å². The molecular formula is C20H25ClN2O2. The second-order valence-electron chi connectivity index (χ2n) is 6.07. The zero-order valence-electron chi connectivity index (χ0n) is 15.2. The lowest BCUT2D eigenvalue weighted by molar-refractivity contribution is -0.120. The summed E-state index contributed by atoms with van der Waals surface area (Å²) in [6, 6.07) is 13.2. The number of amides is 1. The number of nitrogens with zero attached hydrogens (tertiary/aromatic N) is 1. The maximum absolute atomic E-state index is 12.5. The largest absolute Gasteiger partial charge is 0.494 e. The number of likely N-dealkylation sites (N-methyl/N-ethyl adjacent to an activating group) is 1. The molecule has 25 heavy (non-hydrogen) atoms. The Morgan fingerprint density at radius 1 is 1.24 bits per heavy atom. The van der Waals surface area contributed by atoms with Gasteiger partial charge in [0.25, 0.3) is 0 Å². The Hall–Kier alpha value is -2.04. The summed E-state index contributed by atoms with van der Waals surface area (Å²) in [7, 11) is 1.94. The summed E-state index contributed by atoms with van der Waals surface area (Å²) < 4.78 is 5.45. The van der Waals surface area contributed by atoms with Crippen LogP contribution < -0.4 is 10.1 Å². The molecule has 2 aromatic rings. The highest BCUT2D eigenvalue weighted by molar-refractivity contribution is 6.31. The van der Waals surface area contributed by atoms with Gasteiger partial charge in [0, 0.05) is 17.3 Å². The van der Waals surface area contributed by atoms with Crippen LogP contribution in [0, 0.1) is 6.92 Å². The van der Waals surface area contributed by atoms with Gasteiger partial charge in [0.15, 0.2) is 0 Å². The molecule has 2 aromatic carbocycles. The first-order valence-corrected chi connectivity index (χ1v) is 8.78. The Morgan fingerprint density at radius 2 is 1.92 bits per heavy atom. The quantitative estimate of drug-likeness (QED) is 0.790. The summed E-state index contributed by atoms with van der Waals surface area (Å²) in [6.45, 7) is 7.08. The molecule has 0 saturated heterocycles. The number of rotatable bonds is 7. The maximum Gasteiger partial charge on any atom is 0.241 e. The predicted molar refractivity (Wildman–Crippen MR) is 103 cm³/mol. The summed E-state index contributed by atoms with van der Waals surface area (Å²) in [4.78, 5) is 14.5. The van der Waals surface area contributed by atoms with Crippen LogP contribution in [-0.2, 0) is 11.3 Å². The lowest BCUT2D eigenvalue weighted by atomic mass is 10.1. The smallest absolute Gasteiger partial charge is 0.241 e. The van der Waals surface area contributed by atoms with Crippen molar-refractivity contribution in [3.05, 3.63) is 58.6 Å². The van der Waals surface area contributed by atoms with Crippen LogP contribution in [0.1, 0.15) is 25.0 Å². The first-order chi connectivity index (χ1) is 11.9. The van der Waals surface area contributed by atoms with E-state index in [9.17, 15) is 4.79 Å². The average Bonchev–Trinajstić information content (AvgIpc) is 2.60. The number of carbonyl (C=O) groups excluding carboxylic acids is 1. The first kappa shape index (κ1) is 19.3. The van der Waals surface area contributed by atoms with Crippen LogP contribution in [-0.4, -0.2) is 30.5 Å². The van der Waals surface area contributed by atoms with Crippen LogP contribution in [0.4, 0.5) is 5.69 Å². The molecule has 0 fully saturated rings. The molecule has 0 aromatic heterocycles. The van der Waals surface area contributed by atoms with Gasteiger partial charge >= 0.3 is 0 Å². The molecule has 1 N–H and O–H groups in total. The van der Waals surface area contributed by atoms with E-state index in [-0.39, 0.29) is 11.9 Å². The molecule has 1 atom stereocenters. The van der Waals surface area contributed by atoms with Gasteiger partial charge in [-0.3, -0.25) is 9.69 Å². The Morgan fingerprint density at radius 3 is 2.56 bits per heavy atom. The number of hydrogen-bond acceptors (Lipinski definition) is 3. The lowest BCUT2D eigenvalue weighted by Crippen LogP contribution is -2.39. The minimum Gasteiger partial charge on any atom is -0.494 e. The van der Waals surface area contributed by atoms with E-state index in [4.69, 9.17) is 16.3 Å². The standard InChI is InChI=1S/C20H25ClN2O2/c1-5-25-17-11-9-16(10-12-17)13-23(4)15(3)20(24)22-19-8-6-7-18(21)14(19)2/h6-12,15H,5,13H2,1-4H3,(H,22,24)/t15-/m1/s1. The van der Waals surface area contributed by atoms with Crippen molar-refractivity contribution >= 4 is 23.2 Å². The summed E-state index contributed by atoms with van der Waals surface area (Å²) in [5.74, 6) is 0.801. The van der Waals surface area contributed by atoms with Gasteiger partial charge in [-0.2, -0.15) is 0 Å². The second-order valence-corrected chi connectivity index (χ2v) is 6.48. The molecule has 2 rings (SSSR count). The molecule has 0 saturated carbocycles. The highest BCUT2D eigenvalue weighted by Crippen LogP contribution is 2.23. The SMILES string of the molecule is CCOc1ccc(CN(C)[C@H](C)C(=O)Nc2cccc(Cl)c2C)cc1. The maximum atomic E-state index is 12.5. The predicted octanol–water partition coefficient (Wildman–Crippen LogP) is 4.51. The number of anilines is 1. The minimum atomic E-state index is -0.273. The molecule has 0 unspecified atom stereocenters. The number of hydrogen-bond donors (Lipinski definition) is 1. The van der Waals surface area contributed by atoms with E-state index in [0.29, 0.717) is 18.2 Å². The topological polar surface area (TPSA) is 41.6 Å². The third kappa shape index (κ3) is 5.21. The van der Waals surface area contributed by atoms with Crippen molar-refractivity contribution < 1.29 is 9.53 Å². The third-order valence-electron chi connectivity index (χ3n) is 4.23. The van der Waals surface area contributed by atoms with Crippen LogP contribution in [0.5, 0.6) is 5.75 Å². The Kier molecular flexibility index (Phi) is 6.85. The van der Waals surface area contributed by atoms with E-state index in [1.807, 2.05) is 75.2 Å². The van der Waals surface area contributed by atoms with Gasteiger partial charge in [-0.25, -0.2) is 0 Å². The van der Waals surface area contributed by atoms with Gasteiger partial charge in [-0.15, -0.1) is 0 Å². The van der Waals surface area contributed by atoms with Gasteiger partial charge in [0.1, 0.15) is 5.75 Å². The summed E-state index contributed by atoms with van der Waals surface area (Å²) in [5, 5.41) is 3.60. The van der Waals surface area contributed by atoms with Crippen LogP contribution >= 0.6 is 11.6 Å². The number of carbonyl (C=O) groups is 1. The Balaban J connectivity index is 1.97. The molecule has 0 spiro atoms. The fraction of sp³-hybridized carbons (Fsp3) is 0.350. The normalized spacial score (nSPS) is 12.1. The highest BCUT2D eigenvalue weighted by atomic mass is 35.5. The molecule has 0 heterocycles. The van der Waals surface area contributed by atoms with E-state index in [0.717, 1.165) is 22.6 Å². The molecule has 0 aliphatic heterocycles. The van der Waals surface area contributed by atoms with E-state index < -0.39 is 0 Å². The van der Waals surface area contributed by atoms with Crippen molar-refractivity contribution in [1.82, 2.24) is 4.90 Å². The zero-order chi connectivity index (χ0) is 18.4. The van der Waals surface area contributed by atoms with Crippen LogP contribution in [0.3, 0.4) is 0 Å². The van der Waals surface area contributed by atoms with Gasteiger partial charge in [-0.1, -0.05) is 29.8 Å². The number of ether oxygens (including phenoxy) is 1. The van der Waals surface area contributed by atoms with Crippen molar-refractivity contribution in [2.45, 2.75) is 33.4 Å². The van der Waals surface area contributed by atoms with Gasteiger partial charge < -0.3 is 10.1 Å². The second kappa shape index (κ2) is 8.88. The van der Waals surface area contributed by atoms with E-state index >= 15 is 0 Å². The van der Waals surface area contributed by atoms with E-state index in [1.54, 1.807) is 0 Å². The van der Waals surface area contributed by atoms with Crippen molar-refractivity contribution in [3.8, 4) is 5.75 Å². The summed E-state index contributed by atoms with van der Waals surface area (Å²) >= 11 is 6.11. The summed E-state index contributed by atoms with van der Waals surface area (Å²) in [5.41, 5.74) is 2.75. The van der Waals surface area contributed by atoms with E-state index in [1.165, 1.54) is 0 Å². The lowest BCUT2D eigenvalue weighted by Gasteiger charge is -2.24. The number of nitrogens with one attached hydrogen (secondary N) is 1. The van der Waals surface area contributed by atoms with Gasteiger partial charge in [0.2, 0.25) is 5.91 Å². The van der Waals surface area contributed by atoms with Crippen molar-refractivity contribution in [1.29, 1.82) is 0 Å². The van der Waals surface area contributed by atoms with Crippen LogP contribution in [0.25, 0.3) is 0 Å². The monoisotopic (exact) mass is 360 g/mol. The molecule has 0 aliphatic rings. The molecule has 134 valence electrons. The summed E-state index contributed by atoms with van der Waals surface area (Å²) in [6.07, 6.45) is 0. The van der Waals surface area contributed by atoms with Gasteiger partial charge in [0.05, 0.1) is 12.6 Å².